The number of rotatable bonds is 6. The number of hydrogen-bond acceptors (Lipinski definition) is 3. The minimum Gasteiger partial charge on any atom is -0.345 e. The van der Waals surface area contributed by atoms with E-state index in [4.69, 9.17) is 0 Å². The van der Waals surface area contributed by atoms with Gasteiger partial charge in [0, 0.05) is 11.9 Å². The summed E-state index contributed by atoms with van der Waals surface area (Å²) in [5, 5.41) is 3.26. The Morgan fingerprint density at radius 2 is 1.82 bits per heavy atom. The van der Waals surface area contributed by atoms with Crippen LogP contribution < -0.4 is 16.3 Å². The van der Waals surface area contributed by atoms with Crippen LogP contribution in [0.25, 0.3) is 10.8 Å². The molecule has 0 fully saturated rings. The van der Waals surface area contributed by atoms with Gasteiger partial charge in [-0.1, -0.05) is 49.4 Å². The summed E-state index contributed by atoms with van der Waals surface area (Å²) in [6.07, 6.45) is 0.702. The van der Waals surface area contributed by atoms with Crippen molar-refractivity contribution in [2.75, 3.05) is 12.0 Å². The summed E-state index contributed by atoms with van der Waals surface area (Å²) in [5.41, 5.74) is 4.15. The summed E-state index contributed by atoms with van der Waals surface area (Å²) in [5.74, 6) is -0.978. The third-order valence-electron chi connectivity index (χ3n) is 4.86. The second-order valence-corrected chi connectivity index (χ2v) is 6.62. The summed E-state index contributed by atoms with van der Waals surface area (Å²) in [6, 6.07) is 13.9. The monoisotopic (exact) mass is 381 g/mol. The molecule has 6 heteroatoms. The van der Waals surface area contributed by atoms with Gasteiger partial charge in [0.15, 0.2) is 0 Å². The molecule has 0 saturated heterocycles. The van der Waals surface area contributed by atoms with Gasteiger partial charge in [0.2, 0.25) is 0 Å². The van der Waals surface area contributed by atoms with E-state index in [0.717, 1.165) is 5.56 Å². The van der Waals surface area contributed by atoms with Crippen LogP contribution in [0.3, 0.4) is 0 Å². The van der Waals surface area contributed by atoms with E-state index >= 15 is 0 Å². The molecule has 0 aliphatic heterocycles. The van der Waals surface area contributed by atoms with E-state index in [1.54, 1.807) is 13.0 Å². The lowest BCUT2D eigenvalue weighted by Crippen LogP contribution is -2.36. The zero-order valence-corrected chi connectivity index (χ0v) is 16.3. The number of amides is 1. The summed E-state index contributed by atoms with van der Waals surface area (Å²) >= 11 is 0. The maximum atomic E-state index is 14.5. The van der Waals surface area contributed by atoms with Gasteiger partial charge in [-0.15, -0.1) is 0 Å². The lowest BCUT2D eigenvalue weighted by atomic mass is 10.0. The number of carbonyl (C=O) groups is 1. The van der Waals surface area contributed by atoms with Crippen LogP contribution >= 0.6 is 0 Å². The third-order valence-corrected chi connectivity index (χ3v) is 4.86. The maximum Gasteiger partial charge on any atom is 0.279 e. The molecular formula is C22H24FN3O2. The van der Waals surface area contributed by atoms with Gasteiger partial charge in [-0.05, 0) is 31.9 Å². The number of halogens is 1. The highest BCUT2D eigenvalue weighted by Crippen LogP contribution is 2.23. The number of hydrogen-bond donors (Lipinski definition) is 2. The third kappa shape index (κ3) is 3.50. The van der Waals surface area contributed by atoms with Gasteiger partial charge in [-0.25, -0.2) is 9.07 Å². The predicted octanol–water partition coefficient (Wildman–Crippen LogP) is 3.89. The van der Waals surface area contributed by atoms with Crippen LogP contribution in [-0.2, 0) is 0 Å². The summed E-state index contributed by atoms with van der Waals surface area (Å²) in [6.45, 7) is 5.97. The molecule has 28 heavy (non-hydrogen) atoms. The Morgan fingerprint density at radius 3 is 2.46 bits per heavy atom. The number of benzene rings is 2. The van der Waals surface area contributed by atoms with E-state index in [2.05, 4.69) is 10.7 Å². The van der Waals surface area contributed by atoms with Crippen LogP contribution in [0.15, 0.2) is 53.3 Å². The maximum absolute atomic E-state index is 14.5. The second kappa shape index (κ2) is 8.25. The number of carbonyl (C=O) groups excluding carboxylic acids is 1. The first-order chi connectivity index (χ1) is 13.5. The molecule has 1 heterocycles. The van der Waals surface area contributed by atoms with Crippen molar-refractivity contribution in [1.82, 2.24) is 9.99 Å². The fraction of sp³-hybridized carbons (Fsp3) is 0.273. The van der Waals surface area contributed by atoms with E-state index < -0.39 is 11.4 Å². The molecule has 0 spiro atoms. The van der Waals surface area contributed by atoms with Crippen LogP contribution in [0, 0.1) is 12.7 Å². The fourth-order valence-corrected chi connectivity index (χ4v) is 3.49. The average molecular weight is 381 g/mol. The summed E-state index contributed by atoms with van der Waals surface area (Å²) in [4.78, 5) is 26.0. The Bertz CT molecular complexity index is 1060. The van der Waals surface area contributed by atoms with Crippen LogP contribution in [0.5, 0.6) is 0 Å². The molecule has 0 bridgehead atoms. The van der Waals surface area contributed by atoms with Crippen molar-refractivity contribution < 1.29 is 9.18 Å². The lowest BCUT2D eigenvalue weighted by molar-refractivity contribution is 0.0936. The molecule has 1 amide bonds. The van der Waals surface area contributed by atoms with E-state index in [-0.39, 0.29) is 17.3 Å². The molecule has 146 valence electrons. The predicted molar refractivity (Wildman–Crippen MR) is 110 cm³/mol. The Hall–Kier alpha value is -3.15. The van der Waals surface area contributed by atoms with Gasteiger partial charge in [0.1, 0.15) is 5.82 Å². The highest BCUT2D eigenvalue weighted by atomic mass is 19.1. The van der Waals surface area contributed by atoms with Crippen LogP contribution in [0.2, 0.25) is 0 Å². The number of nitrogens with zero attached hydrogens (tertiary/aromatic N) is 1. The molecule has 0 unspecified atom stereocenters. The number of pyridine rings is 1. The van der Waals surface area contributed by atoms with Crippen LogP contribution in [0.4, 0.5) is 4.39 Å². The minimum absolute atomic E-state index is 0.0908. The Balaban J connectivity index is 2.15. The van der Waals surface area contributed by atoms with Crippen molar-refractivity contribution in [3.05, 3.63) is 81.5 Å². The van der Waals surface area contributed by atoms with E-state index in [1.165, 1.54) is 16.8 Å². The van der Waals surface area contributed by atoms with E-state index in [9.17, 15) is 14.0 Å². The smallest absolute Gasteiger partial charge is 0.279 e. The molecule has 1 aromatic heterocycles. The summed E-state index contributed by atoms with van der Waals surface area (Å²) in [7, 11) is 0. The zero-order chi connectivity index (χ0) is 20.3. The highest BCUT2D eigenvalue weighted by Gasteiger charge is 2.23. The SMILES string of the molecule is CCNn1c(C)c(C(=O)N[C@@H](CC)c2ccccc2)c2cccc(F)c2c1=O. The molecule has 1 atom stereocenters. The average Bonchev–Trinajstić information content (AvgIpc) is 2.70. The molecule has 2 N–H and O–H groups in total. The molecule has 5 nitrogen and oxygen atoms in total. The molecule has 0 radical (unpaired) electrons. The van der Waals surface area contributed by atoms with Gasteiger partial charge >= 0.3 is 0 Å². The minimum atomic E-state index is -0.640. The Morgan fingerprint density at radius 1 is 1.11 bits per heavy atom. The highest BCUT2D eigenvalue weighted by molar-refractivity contribution is 6.08. The molecule has 2 aromatic carbocycles. The molecule has 3 aromatic rings. The van der Waals surface area contributed by atoms with Gasteiger partial charge in [-0.3, -0.25) is 9.59 Å². The quantitative estimate of drug-likeness (QED) is 0.681. The number of nitrogens with one attached hydrogen (secondary N) is 2. The molecule has 3 rings (SSSR count). The molecule has 0 aliphatic rings. The normalized spacial score (nSPS) is 12.0. The van der Waals surface area contributed by atoms with Gasteiger partial charge < -0.3 is 10.7 Å². The Labute approximate surface area is 163 Å². The first-order valence-electron chi connectivity index (χ1n) is 9.43. The molecular weight excluding hydrogens is 357 g/mol. The standard InChI is InChI=1S/C22H24FN3O2/c1-4-18(15-10-7-6-8-11-15)25-21(27)19-14(3)26(24-5-2)22(28)20-16(19)12-9-13-17(20)23/h6-13,18,24H,4-5H2,1-3H3,(H,25,27)/t18-/m0/s1. The number of fused-ring (bicyclic) bond motifs is 1. The number of aromatic nitrogens is 1. The topological polar surface area (TPSA) is 63.1 Å². The Kier molecular flexibility index (Phi) is 5.78. The lowest BCUT2D eigenvalue weighted by Gasteiger charge is -2.21. The van der Waals surface area contributed by atoms with Crippen molar-refractivity contribution >= 4 is 16.7 Å². The van der Waals surface area contributed by atoms with Gasteiger partial charge in [-0.2, -0.15) is 0 Å². The van der Waals surface area contributed by atoms with Crippen molar-refractivity contribution in [2.24, 2.45) is 0 Å². The fourth-order valence-electron chi connectivity index (χ4n) is 3.49. The van der Waals surface area contributed by atoms with Gasteiger partial charge in [0.25, 0.3) is 11.5 Å². The van der Waals surface area contributed by atoms with Crippen molar-refractivity contribution in [3.63, 3.8) is 0 Å². The molecule has 0 saturated carbocycles. The second-order valence-electron chi connectivity index (χ2n) is 6.62. The van der Waals surface area contributed by atoms with Crippen molar-refractivity contribution in [1.29, 1.82) is 0 Å². The largest absolute Gasteiger partial charge is 0.345 e. The van der Waals surface area contributed by atoms with E-state index in [0.29, 0.717) is 29.6 Å². The van der Waals surface area contributed by atoms with Crippen molar-refractivity contribution in [3.8, 4) is 0 Å². The first-order valence-corrected chi connectivity index (χ1v) is 9.43. The van der Waals surface area contributed by atoms with Gasteiger partial charge in [0.05, 0.1) is 22.7 Å². The summed E-state index contributed by atoms with van der Waals surface area (Å²) < 4.78 is 15.7. The first kappa shape index (κ1) is 19.6. The van der Waals surface area contributed by atoms with E-state index in [1.807, 2.05) is 44.2 Å². The molecule has 0 aliphatic carbocycles. The van der Waals surface area contributed by atoms with Crippen molar-refractivity contribution in [2.45, 2.75) is 33.2 Å². The zero-order valence-electron chi connectivity index (χ0n) is 16.3. The van der Waals surface area contributed by atoms with Crippen LogP contribution in [-0.4, -0.2) is 17.1 Å². The van der Waals surface area contributed by atoms with Crippen LogP contribution in [0.1, 0.15) is 47.9 Å².